The van der Waals surface area contributed by atoms with Crippen molar-refractivity contribution in [2.45, 2.75) is 12.2 Å². The highest BCUT2D eigenvalue weighted by Crippen LogP contribution is 2.18. The van der Waals surface area contributed by atoms with Crippen molar-refractivity contribution in [1.29, 1.82) is 0 Å². The highest BCUT2D eigenvalue weighted by atomic mass is 35.5. The molecule has 2 rings (SSSR count). The Bertz CT molecular complexity index is 459. The quantitative estimate of drug-likeness (QED) is 0.743. The number of hydrogen-bond acceptors (Lipinski definition) is 4. The van der Waals surface area contributed by atoms with E-state index in [1.54, 1.807) is 22.9 Å². The van der Waals surface area contributed by atoms with Gasteiger partial charge in [0.1, 0.15) is 6.10 Å². The molecule has 0 aliphatic carbocycles. The number of imidazole rings is 1. The largest absolute Gasteiger partial charge is 0.389 e. The van der Waals surface area contributed by atoms with E-state index in [2.05, 4.69) is 9.97 Å². The van der Waals surface area contributed by atoms with Crippen molar-refractivity contribution in [1.82, 2.24) is 14.4 Å². The fourth-order valence-corrected chi connectivity index (χ4v) is 1.52. The minimum absolute atomic E-state index is 0.0331. The normalized spacial score (nSPS) is 15.4. The van der Waals surface area contributed by atoms with Gasteiger partial charge >= 0.3 is 0 Å². The first kappa shape index (κ1) is 10.4. The van der Waals surface area contributed by atoms with Crippen molar-refractivity contribution in [3.8, 4) is 0 Å². The van der Waals surface area contributed by atoms with Crippen molar-refractivity contribution >= 4 is 17.4 Å². The van der Waals surface area contributed by atoms with Gasteiger partial charge in [0, 0.05) is 12.4 Å². The smallest absolute Gasteiger partial charge is 0.233 e. The summed E-state index contributed by atoms with van der Waals surface area (Å²) in [6.45, 7) is 0. The van der Waals surface area contributed by atoms with Crippen LogP contribution in [-0.4, -0.2) is 36.6 Å². The van der Waals surface area contributed by atoms with Crippen LogP contribution in [0.4, 0.5) is 0 Å². The molecular weight excluding hydrogens is 218 g/mol. The first-order valence-electron chi connectivity index (χ1n) is 4.44. The number of fused-ring (bicyclic) bond motifs is 1. The van der Waals surface area contributed by atoms with Crippen LogP contribution in [0.15, 0.2) is 24.7 Å². The number of aliphatic hydroxyl groups excluding tert-OH is 2. The zero-order valence-electron chi connectivity index (χ0n) is 7.79. The number of alkyl halides is 1. The Morgan fingerprint density at radius 3 is 2.93 bits per heavy atom. The Balaban J connectivity index is 2.43. The van der Waals surface area contributed by atoms with Crippen LogP contribution in [-0.2, 0) is 0 Å². The number of halogens is 1. The summed E-state index contributed by atoms with van der Waals surface area (Å²) in [6.07, 6.45) is 2.74. The van der Waals surface area contributed by atoms with Gasteiger partial charge in [-0.1, -0.05) is 0 Å². The third-order valence-corrected chi connectivity index (χ3v) is 2.46. The molecular formula is C9H10ClN3O2. The second-order valence-corrected chi connectivity index (χ2v) is 3.45. The fraction of sp³-hybridized carbons (Fsp3) is 0.333. The van der Waals surface area contributed by atoms with Crippen LogP contribution < -0.4 is 0 Å². The Morgan fingerprint density at radius 1 is 1.40 bits per heavy atom. The molecule has 15 heavy (non-hydrogen) atoms. The third kappa shape index (κ3) is 1.81. The molecule has 2 aromatic heterocycles. The maximum atomic E-state index is 9.75. The predicted octanol–water partition coefficient (Wildman–Crippen LogP) is 0.362. The van der Waals surface area contributed by atoms with Gasteiger partial charge in [0.2, 0.25) is 5.78 Å². The van der Waals surface area contributed by atoms with Gasteiger partial charge in [-0.05, 0) is 6.07 Å². The van der Waals surface area contributed by atoms with Crippen molar-refractivity contribution < 1.29 is 10.2 Å². The molecule has 0 saturated carbocycles. The fourth-order valence-electron chi connectivity index (χ4n) is 1.35. The molecule has 5 nitrogen and oxygen atoms in total. The van der Waals surface area contributed by atoms with Gasteiger partial charge in [0.25, 0.3) is 0 Å². The summed E-state index contributed by atoms with van der Waals surface area (Å²) in [5.74, 6) is 0.447. The molecule has 80 valence electrons. The lowest BCUT2D eigenvalue weighted by Crippen LogP contribution is -2.21. The minimum Gasteiger partial charge on any atom is -0.389 e. The van der Waals surface area contributed by atoms with Crippen molar-refractivity contribution in [3.05, 3.63) is 30.4 Å². The van der Waals surface area contributed by atoms with Gasteiger partial charge in [0.15, 0.2) is 0 Å². The van der Waals surface area contributed by atoms with Gasteiger partial charge in [-0.2, -0.15) is 0 Å². The maximum Gasteiger partial charge on any atom is 0.233 e. The molecule has 0 aliphatic heterocycles. The molecule has 2 N–H and O–H groups in total. The van der Waals surface area contributed by atoms with Crippen LogP contribution in [0.25, 0.3) is 5.78 Å². The Hall–Kier alpha value is -1.17. The van der Waals surface area contributed by atoms with E-state index in [-0.39, 0.29) is 5.88 Å². The lowest BCUT2D eigenvalue weighted by atomic mass is 10.2. The van der Waals surface area contributed by atoms with Gasteiger partial charge in [-0.15, -0.1) is 11.6 Å². The van der Waals surface area contributed by atoms with Crippen molar-refractivity contribution in [2.24, 2.45) is 0 Å². The summed E-state index contributed by atoms with van der Waals surface area (Å²) >= 11 is 5.46. The molecule has 2 heterocycles. The number of aromatic nitrogens is 3. The summed E-state index contributed by atoms with van der Waals surface area (Å²) in [4.78, 5) is 7.99. The average Bonchev–Trinajstić information content (AvgIpc) is 2.70. The van der Waals surface area contributed by atoms with E-state index in [0.29, 0.717) is 11.5 Å². The second-order valence-electron chi connectivity index (χ2n) is 3.14. The van der Waals surface area contributed by atoms with Gasteiger partial charge in [-0.3, -0.25) is 4.40 Å². The molecule has 2 unspecified atom stereocenters. The zero-order valence-corrected chi connectivity index (χ0v) is 8.54. The van der Waals surface area contributed by atoms with E-state index in [1.165, 1.54) is 6.20 Å². The summed E-state index contributed by atoms with van der Waals surface area (Å²) < 4.78 is 1.61. The highest BCUT2D eigenvalue weighted by Gasteiger charge is 2.20. The standard InChI is InChI=1S/C9H10ClN3O2/c10-4-7(14)8(15)6-5-12-9-11-2-1-3-13(6)9/h1-3,5,7-8,14-15H,4H2. The summed E-state index contributed by atoms with van der Waals surface area (Å²) in [5, 5.41) is 19.2. The van der Waals surface area contributed by atoms with E-state index in [1.807, 2.05) is 0 Å². The van der Waals surface area contributed by atoms with E-state index in [0.717, 1.165) is 0 Å². The van der Waals surface area contributed by atoms with Crippen LogP contribution in [0.1, 0.15) is 11.8 Å². The second kappa shape index (κ2) is 4.14. The summed E-state index contributed by atoms with van der Waals surface area (Å²) in [6, 6.07) is 1.72. The first-order chi connectivity index (χ1) is 7.24. The van der Waals surface area contributed by atoms with Gasteiger partial charge in [-0.25, -0.2) is 9.97 Å². The lowest BCUT2D eigenvalue weighted by Gasteiger charge is -2.14. The van der Waals surface area contributed by atoms with Crippen molar-refractivity contribution in [2.75, 3.05) is 5.88 Å². The molecule has 2 atom stereocenters. The van der Waals surface area contributed by atoms with E-state index in [9.17, 15) is 10.2 Å². The molecule has 6 heteroatoms. The Morgan fingerprint density at radius 2 is 2.20 bits per heavy atom. The molecule has 0 bridgehead atoms. The topological polar surface area (TPSA) is 70.7 Å². The van der Waals surface area contributed by atoms with Crippen molar-refractivity contribution in [3.63, 3.8) is 0 Å². The lowest BCUT2D eigenvalue weighted by molar-refractivity contribution is 0.0294. The van der Waals surface area contributed by atoms with Crippen LogP contribution in [0.5, 0.6) is 0 Å². The van der Waals surface area contributed by atoms with Crippen LogP contribution in [0, 0.1) is 0 Å². The summed E-state index contributed by atoms with van der Waals surface area (Å²) in [5.41, 5.74) is 0.478. The maximum absolute atomic E-state index is 9.75. The Kier molecular flexibility index (Phi) is 2.86. The number of hydrogen-bond donors (Lipinski definition) is 2. The first-order valence-corrected chi connectivity index (χ1v) is 4.97. The third-order valence-electron chi connectivity index (χ3n) is 2.14. The monoisotopic (exact) mass is 227 g/mol. The SMILES string of the molecule is OC(CCl)C(O)c1cnc2ncccn12. The molecule has 0 saturated heterocycles. The molecule has 0 spiro atoms. The number of rotatable bonds is 3. The molecule has 0 aliphatic rings. The van der Waals surface area contributed by atoms with E-state index < -0.39 is 12.2 Å². The van der Waals surface area contributed by atoms with Crippen LogP contribution in [0.3, 0.4) is 0 Å². The molecule has 0 aromatic carbocycles. The van der Waals surface area contributed by atoms with E-state index >= 15 is 0 Å². The molecule has 0 radical (unpaired) electrons. The Labute approximate surface area is 91.0 Å². The molecule has 0 amide bonds. The van der Waals surface area contributed by atoms with Crippen LogP contribution >= 0.6 is 11.6 Å². The highest BCUT2D eigenvalue weighted by molar-refractivity contribution is 6.18. The average molecular weight is 228 g/mol. The number of nitrogens with zero attached hydrogens (tertiary/aromatic N) is 3. The number of aliphatic hydroxyl groups is 2. The van der Waals surface area contributed by atoms with E-state index in [4.69, 9.17) is 11.6 Å². The molecule has 2 aromatic rings. The molecule has 0 fully saturated rings. The minimum atomic E-state index is -1.05. The zero-order chi connectivity index (χ0) is 10.8. The predicted molar refractivity (Wildman–Crippen MR) is 54.7 cm³/mol. The van der Waals surface area contributed by atoms with Crippen LogP contribution in [0.2, 0.25) is 0 Å². The van der Waals surface area contributed by atoms with Gasteiger partial charge < -0.3 is 10.2 Å². The van der Waals surface area contributed by atoms with Gasteiger partial charge in [0.05, 0.1) is 23.9 Å². The summed E-state index contributed by atoms with van der Waals surface area (Å²) in [7, 11) is 0.